The number of benzene rings is 2. The second kappa shape index (κ2) is 6.70. The monoisotopic (exact) mass is 282 g/mol. The molecule has 21 heavy (non-hydrogen) atoms. The molecule has 0 unspecified atom stereocenters. The van der Waals surface area contributed by atoms with E-state index in [1.807, 2.05) is 48.5 Å². The Morgan fingerprint density at radius 3 is 2.24 bits per heavy atom. The van der Waals surface area contributed by atoms with Crippen molar-refractivity contribution in [1.29, 1.82) is 0 Å². The summed E-state index contributed by atoms with van der Waals surface area (Å²) in [6.45, 7) is 3.29. The Bertz CT molecular complexity index is 638. The number of hydrogen-bond acceptors (Lipinski definition) is 2. The molecule has 0 saturated heterocycles. The van der Waals surface area contributed by atoms with Crippen molar-refractivity contribution in [2.24, 2.45) is 0 Å². The van der Waals surface area contributed by atoms with Crippen molar-refractivity contribution in [3.05, 3.63) is 54.6 Å². The summed E-state index contributed by atoms with van der Waals surface area (Å²) < 4.78 is 0. The Hall–Kier alpha value is -2.62. The number of hydrogen-bond donors (Lipinski definition) is 1. The highest BCUT2D eigenvalue weighted by Crippen LogP contribution is 2.32. The highest BCUT2D eigenvalue weighted by molar-refractivity contribution is 6.04. The number of anilines is 3. The maximum atomic E-state index is 12.1. The third kappa shape index (κ3) is 3.48. The predicted molar refractivity (Wildman–Crippen MR) is 84.6 cm³/mol. The van der Waals surface area contributed by atoms with Crippen LogP contribution in [-0.4, -0.2) is 11.8 Å². The third-order valence-corrected chi connectivity index (χ3v) is 3.07. The van der Waals surface area contributed by atoms with Gasteiger partial charge in [0.1, 0.15) is 0 Å². The van der Waals surface area contributed by atoms with E-state index < -0.39 is 0 Å². The van der Waals surface area contributed by atoms with E-state index in [2.05, 4.69) is 5.32 Å². The van der Waals surface area contributed by atoms with E-state index in [1.165, 1.54) is 6.92 Å². The number of rotatable bonds is 4. The van der Waals surface area contributed by atoms with Crippen LogP contribution < -0.4 is 10.2 Å². The number of nitrogens with zero attached hydrogens (tertiary/aromatic N) is 1. The molecular formula is C17H18N2O2. The molecule has 2 rings (SSSR count). The zero-order chi connectivity index (χ0) is 15.2. The van der Waals surface area contributed by atoms with Crippen LogP contribution in [0.1, 0.15) is 20.3 Å². The molecule has 4 heteroatoms. The molecule has 0 fully saturated rings. The van der Waals surface area contributed by atoms with E-state index in [4.69, 9.17) is 0 Å². The van der Waals surface area contributed by atoms with Gasteiger partial charge in [0.2, 0.25) is 11.8 Å². The summed E-state index contributed by atoms with van der Waals surface area (Å²) in [5.41, 5.74) is 2.06. The first-order valence-electron chi connectivity index (χ1n) is 6.88. The second-order valence-electron chi connectivity index (χ2n) is 4.61. The number of nitrogens with one attached hydrogen (secondary N) is 1. The minimum Gasteiger partial charge on any atom is -0.324 e. The minimum atomic E-state index is -0.112. The van der Waals surface area contributed by atoms with Crippen molar-refractivity contribution >= 4 is 28.9 Å². The van der Waals surface area contributed by atoms with Crippen molar-refractivity contribution in [2.75, 3.05) is 10.2 Å². The number of carbonyl (C=O) groups excluding carboxylic acids is 2. The first-order chi connectivity index (χ1) is 10.1. The van der Waals surface area contributed by atoms with Crippen LogP contribution in [0, 0.1) is 0 Å². The molecule has 0 aliphatic carbocycles. The van der Waals surface area contributed by atoms with Gasteiger partial charge in [0.25, 0.3) is 0 Å². The fraction of sp³-hybridized carbons (Fsp3) is 0.176. The van der Waals surface area contributed by atoms with Gasteiger partial charge in [0.15, 0.2) is 0 Å². The molecule has 0 radical (unpaired) electrons. The minimum absolute atomic E-state index is 0.0842. The molecule has 0 spiro atoms. The Morgan fingerprint density at radius 2 is 1.62 bits per heavy atom. The van der Waals surface area contributed by atoms with Crippen molar-refractivity contribution in [3.8, 4) is 0 Å². The Balaban J connectivity index is 2.47. The van der Waals surface area contributed by atoms with E-state index in [1.54, 1.807) is 17.9 Å². The largest absolute Gasteiger partial charge is 0.324 e. The van der Waals surface area contributed by atoms with Gasteiger partial charge in [-0.25, -0.2) is 0 Å². The van der Waals surface area contributed by atoms with Crippen LogP contribution in [0.15, 0.2) is 54.6 Å². The van der Waals surface area contributed by atoms with Gasteiger partial charge in [-0.05, 0) is 24.3 Å². The summed E-state index contributed by atoms with van der Waals surface area (Å²) in [7, 11) is 0. The van der Waals surface area contributed by atoms with Gasteiger partial charge in [-0.15, -0.1) is 0 Å². The number of carbonyl (C=O) groups is 2. The van der Waals surface area contributed by atoms with Gasteiger partial charge in [-0.3, -0.25) is 14.5 Å². The standard InChI is InChI=1S/C17H18N2O2/c1-3-17(21)18-15-11-7-8-12-16(15)19(13(2)20)14-9-5-4-6-10-14/h4-12H,3H2,1-2H3,(H,18,21). The van der Waals surface area contributed by atoms with Crippen LogP contribution in [-0.2, 0) is 9.59 Å². The second-order valence-corrected chi connectivity index (χ2v) is 4.61. The van der Waals surface area contributed by atoms with E-state index in [9.17, 15) is 9.59 Å². The van der Waals surface area contributed by atoms with Gasteiger partial charge in [-0.2, -0.15) is 0 Å². The maximum Gasteiger partial charge on any atom is 0.228 e. The summed E-state index contributed by atoms with van der Waals surface area (Å²) in [6.07, 6.45) is 0.389. The van der Waals surface area contributed by atoms with Crippen LogP contribution in [0.3, 0.4) is 0 Å². The Morgan fingerprint density at radius 1 is 1.00 bits per heavy atom. The summed E-state index contributed by atoms with van der Waals surface area (Å²) in [5, 5.41) is 2.83. The van der Waals surface area contributed by atoms with Crippen LogP contribution >= 0.6 is 0 Å². The molecule has 108 valence electrons. The number of para-hydroxylation sites is 3. The van der Waals surface area contributed by atoms with E-state index in [0.717, 1.165) is 5.69 Å². The molecule has 2 amide bonds. The number of amides is 2. The van der Waals surface area contributed by atoms with Gasteiger partial charge >= 0.3 is 0 Å². The fourth-order valence-electron chi connectivity index (χ4n) is 2.08. The summed E-state index contributed by atoms with van der Waals surface area (Å²) >= 11 is 0. The van der Waals surface area contributed by atoms with E-state index in [0.29, 0.717) is 17.8 Å². The summed E-state index contributed by atoms with van der Waals surface area (Å²) in [5.74, 6) is -0.196. The molecule has 0 aliphatic heterocycles. The van der Waals surface area contributed by atoms with Crippen LogP contribution in [0.5, 0.6) is 0 Å². The van der Waals surface area contributed by atoms with Gasteiger partial charge in [0, 0.05) is 19.0 Å². The highest BCUT2D eigenvalue weighted by atomic mass is 16.2. The molecule has 2 aromatic carbocycles. The molecule has 2 aromatic rings. The first kappa shape index (κ1) is 14.8. The molecule has 0 atom stereocenters. The van der Waals surface area contributed by atoms with Gasteiger partial charge in [-0.1, -0.05) is 37.3 Å². The SMILES string of the molecule is CCC(=O)Nc1ccccc1N(C(C)=O)c1ccccc1. The average Bonchev–Trinajstić information content (AvgIpc) is 2.50. The summed E-state index contributed by atoms with van der Waals surface area (Å²) in [4.78, 5) is 25.3. The summed E-state index contributed by atoms with van der Waals surface area (Å²) in [6, 6.07) is 16.7. The normalized spacial score (nSPS) is 10.0. The topological polar surface area (TPSA) is 49.4 Å². The molecule has 0 heterocycles. The molecule has 0 bridgehead atoms. The molecule has 4 nitrogen and oxygen atoms in total. The maximum absolute atomic E-state index is 12.1. The van der Waals surface area contributed by atoms with Gasteiger partial charge < -0.3 is 5.32 Å². The Labute approximate surface area is 124 Å². The lowest BCUT2D eigenvalue weighted by Gasteiger charge is -2.24. The quantitative estimate of drug-likeness (QED) is 0.929. The lowest BCUT2D eigenvalue weighted by molar-refractivity contribution is -0.116. The molecule has 0 aliphatic rings. The van der Waals surface area contributed by atoms with Crippen LogP contribution in [0.4, 0.5) is 17.1 Å². The van der Waals surface area contributed by atoms with E-state index >= 15 is 0 Å². The van der Waals surface area contributed by atoms with Crippen molar-refractivity contribution < 1.29 is 9.59 Å². The van der Waals surface area contributed by atoms with Gasteiger partial charge in [0.05, 0.1) is 11.4 Å². The molecule has 0 aromatic heterocycles. The lowest BCUT2D eigenvalue weighted by Crippen LogP contribution is -2.24. The molecule has 1 N–H and O–H groups in total. The fourth-order valence-corrected chi connectivity index (χ4v) is 2.08. The van der Waals surface area contributed by atoms with Crippen LogP contribution in [0.2, 0.25) is 0 Å². The van der Waals surface area contributed by atoms with Crippen molar-refractivity contribution in [2.45, 2.75) is 20.3 Å². The lowest BCUT2D eigenvalue weighted by atomic mass is 10.2. The zero-order valence-electron chi connectivity index (χ0n) is 12.2. The van der Waals surface area contributed by atoms with Crippen molar-refractivity contribution in [1.82, 2.24) is 0 Å². The highest BCUT2D eigenvalue weighted by Gasteiger charge is 2.17. The van der Waals surface area contributed by atoms with E-state index in [-0.39, 0.29) is 11.8 Å². The van der Waals surface area contributed by atoms with Crippen LogP contribution in [0.25, 0.3) is 0 Å². The predicted octanol–water partition coefficient (Wildman–Crippen LogP) is 3.72. The molecular weight excluding hydrogens is 264 g/mol. The smallest absolute Gasteiger partial charge is 0.228 e. The third-order valence-electron chi connectivity index (χ3n) is 3.07. The Kier molecular flexibility index (Phi) is 4.72. The zero-order valence-corrected chi connectivity index (χ0v) is 12.2. The van der Waals surface area contributed by atoms with Crippen molar-refractivity contribution in [3.63, 3.8) is 0 Å². The first-order valence-corrected chi connectivity index (χ1v) is 6.88. The average molecular weight is 282 g/mol. The molecule has 0 saturated carbocycles.